The first-order valence-electron chi connectivity index (χ1n) is 7.17. The van der Waals surface area contributed by atoms with Gasteiger partial charge in [0, 0.05) is 0 Å². The summed E-state index contributed by atoms with van der Waals surface area (Å²) in [6, 6.07) is 2.93. The van der Waals surface area contributed by atoms with Crippen molar-refractivity contribution in [1.29, 1.82) is 0 Å². The largest absolute Gasteiger partial charge is 0.274 e. The van der Waals surface area contributed by atoms with Crippen LogP contribution in [-0.2, 0) is 19.6 Å². The lowest BCUT2D eigenvalue weighted by atomic mass is 9.85. The minimum atomic E-state index is -4.05. The molecule has 1 heterocycles. The number of nitrogens with two attached hydrogens (primary N) is 1. The van der Waals surface area contributed by atoms with Gasteiger partial charge in [-0.2, -0.15) is 0 Å². The zero-order valence-electron chi connectivity index (χ0n) is 11.8. The lowest BCUT2D eigenvalue weighted by molar-refractivity contribution is -0.123. The average Bonchev–Trinajstić information content (AvgIpc) is 3.13. The summed E-state index contributed by atoms with van der Waals surface area (Å²) in [6.45, 7) is 0. The molecule has 1 aromatic carbocycles. The Morgan fingerprint density at radius 1 is 1.09 bits per heavy atom. The number of amides is 2. The number of halogens is 1. The van der Waals surface area contributed by atoms with E-state index in [9.17, 15) is 22.4 Å². The van der Waals surface area contributed by atoms with Crippen LogP contribution < -0.4 is 10.0 Å². The van der Waals surface area contributed by atoms with Gasteiger partial charge in [0.25, 0.3) is 0 Å². The van der Waals surface area contributed by atoms with Crippen LogP contribution in [0.2, 0.25) is 0 Å². The molecule has 1 saturated carbocycles. The number of rotatable bonds is 2. The molecule has 120 valence electrons. The Hall–Kier alpha value is -2.06. The van der Waals surface area contributed by atoms with Crippen molar-refractivity contribution in [2.45, 2.75) is 11.3 Å². The zero-order valence-corrected chi connectivity index (χ0v) is 12.7. The molecular formula is C15H13FN2O4S. The number of hydrogen-bond acceptors (Lipinski definition) is 4. The molecule has 2 bridgehead atoms. The zero-order chi connectivity index (χ0) is 16.5. The first kappa shape index (κ1) is 14.5. The number of nitrogens with zero attached hydrogens (tertiary/aromatic N) is 1. The number of benzene rings is 1. The first-order chi connectivity index (χ1) is 10.8. The predicted molar refractivity (Wildman–Crippen MR) is 78.0 cm³/mol. The van der Waals surface area contributed by atoms with Crippen molar-refractivity contribution in [2.24, 2.45) is 28.8 Å². The van der Waals surface area contributed by atoms with Crippen LogP contribution in [0.4, 0.5) is 10.1 Å². The van der Waals surface area contributed by atoms with Crippen LogP contribution >= 0.6 is 0 Å². The van der Waals surface area contributed by atoms with Gasteiger partial charge in [0.05, 0.1) is 22.4 Å². The van der Waals surface area contributed by atoms with Crippen molar-refractivity contribution in [2.75, 3.05) is 4.90 Å². The maximum atomic E-state index is 14.3. The minimum Gasteiger partial charge on any atom is -0.274 e. The maximum Gasteiger partial charge on any atom is 0.238 e. The molecule has 4 rings (SSSR count). The summed E-state index contributed by atoms with van der Waals surface area (Å²) in [5.74, 6) is -2.61. The van der Waals surface area contributed by atoms with Gasteiger partial charge in [-0.3, -0.25) is 9.59 Å². The highest BCUT2D eigenvalue weighted by atomic mass is 32.2. The van der Waals surface area contributed by atoms with Gasteiger partial charge in [-0.25, -0.2) is 22.8 Å². The summed E-state index contributed by atoms with van der Waals surface area (Å²) in [4.78, 5) is 25.6. The molecule has 2 unspecified atom stereocenters. The fraction of sp³-hybridized carbons (Fsp3) is 0.333. The summed E-state index contributed by atoms with van der Waals surface area (Å²) in [6.07, 6.45) is 4.68. The van der Waals surface area contributed by atoms with E-state index in [0.717, 1.165) is 29.5 Å². The van der Waals surface area contributed by atoms with Crippen molar-refractivity contribution in [3.05, 3.63) is 36.2 Å². The Kier molecular flexibility index (Phi) is 2.83. The van der Waals surface area contributed by atoms with E-state index in [1.165, 1.54) is 0 Å². The van der Waals surface area contributed by atoms with Gasteiger partial charge in [0.1, 0.15) is 5.82 Å². The Labute approximate surface area is 131 Å². The molecule has 4 atom stereocenters. The number of imide groups is 1. The molecule has 2 aliphatic carbocycles. The van der Waals surface area contributed by atoms with Crippen molar-refractivity contribution < 1.29 is 22.4 Å². The standard InChI is InChI=1S/C15H13FN2O4S/c16-10-6-9(23(17,21)22)3-4-11(10)18-14(19)12-7-1-2-8(5-7)13(12)15(18)20/h1-4,6-8,12-13H,5H2,(H2,17,21,22)/t7?,8?,12-,13+. The number of carbonyl (C=O) groups is 2. The monoisotopic (exact) mass is 336 g/mol. The van der Waals surface area contributed by atoms with Crippen LogP contribution in [-0.4, -0.2) is 20.2 Å². The van der Waals surface area contributed by atoms with E-state index < -0.39 is 44.4 Å². The quantitative estimate of drug-likeness (QED) is 0.637. The van der Waals surface area contributed by atoms with Gasteiger partial charge >= 0.3 is 0 Å². The Morgan fingerprint density at radius 2 is 1.65 bits per heavy atom. The molecule has 2 amide bonds. The number of anilines is 1. The fourth-order valence-electron chi connectivity index (χ4n) is 3.99. The van der Waals surface area contributed by atoms with Crippen LogP contribution in [0.5, 0.6) is 0 Å². The van der Waals surface area contributed by atoms with E-state index in [4.69, 9.17) is 5.14 Å². The van der Waals surface area contributed by atoms with E-state index in [1.807, 2.05) is 12.2 Å². The third kappa shape index (κ3) is 1.91. The van der Waals surface area contributed by atoms with Crippen LogP contribution in [0.1, 0.15) is 6.42 Å². The molecular weight excluding hydrogens is 323 g/mol. The molecule has 6 nitrogen and oxygen atoms in total. The van der Waals surface area contributed by atoms with Gasteiger partial charge < -0.3 is 0 Å². The van der Waals surface area contributed by atoms with Crippen LogP contribution in [0.15, 0.2) is 35.2 Å². The Bertz CT molecular complexity index is 849. The second kappa shape index (κ2) is 4.48. The fourth-order valence-corrected chi connectivity index (χ4v) is 4.51. The van der Waals surface area contributed by atoms with E-state index in [0.29, 0.717) is 0 Å². The third-order valence-corrected chi connectivity index (χ3v) is 5.87. The topological polar surface area (TPSA) is 97.5 Å². The van der Waals surface area contributed by atoms with Crippen molar-refractivity contribution in [3.8, 4) is 0 Å². The maximum absolute atomic E-state index is 14.3. The van der Waals surface area contributed by atoms with E-state index in [2.05, 4.69) is 0 Å². The van der Waals surface area contributed by atoms with Gasteiger partial charge in [0.15, 0.2) is 0 Å². The molecule has 0 aromatic heterocycles. The van der Waals surface area contributed by atoms with E-state index >= 15 is 0 Å². The summed E-state index contributed by atoms with van der Waals surface area (Å²) >= 11 is 0. The van der Waals surface area contributed by atoms with Crippen LogP contribution in [0.3, 0.4) is 0 Å². The summed E-state index contributed by atoms with van der Waals surface area (Å²) in [5, 5.41) is 4.95. The highest BCUT2D eigenvalue weighted by Gasteiger charge is 2.59. The molecule has 0 radical (unpaired) electrons. The molecule has 23 heavy (non-hydrogen) atoms. The Morgan fingerprint density at radius 3 is 2.13 bits per heavy atom. The number of allylic oxidation sites excluding steroid dienone is 2. The number of sulfonamides is 1. The molecule has 1 aromatic rings. The van der Waals surface area contributed by atoms with Crippen LogP contribution in [0, 0.1) is 29.5 Å². The second-order valence-corrected chi connectivity index (χ2v) is 7.73. The summed E-state index contributed by atoms with van der Waals surface area (Å²) in [7, 11) is -4.05. The second-order valence-electron chi connectivity index (χ2n) is 6.17. The van der Waals surface area contributed by atoms with E-state index in [-0.39, 0.29) is 17.5 Å². The number of primary sulfonamides is 1. The van der Waals surface area contributed by atoms with Gasteiger partial charge in [0.2, 0.25) is 21.8 Å². The highest BCUT2D eigenvalue weighted by molar-refractivity contribution is 7.89. The molecule has 0 spiro atoms. The highest BCUT2D eigenvalue weighted by Crippen LogP contribution is 2.53. The molecule has 2 N–H and O–H groups in total. The van der Waals surface area contributed by atoms with Crippen molar-refractivity contribution >= 4 is 27.5 Å². The normalized spacial score (nSPS) is 32.0. The smallest absolute Gasteiger partial charge is 0.238 e. The van der Waals surface area contributed by atoms with Crippen molar-refractivity contribution in [1.82, 2.24) is 0 Å². The molecule has 3 aliphatic rings. The molecule has 8 heteroatoms. The molecule has 1 saturated heterocycles. The molecule has 1 aliphatic heterocycles. The third-order valence-electron chi connectivity index (χ3n) is 4.96. The van der Waals surface area contributed by atoms with Crippen molar-refractivity contribution in [3.63, 3.8) is 0 Å². The van der Waals surface area contributed by atoms with Crippen LogP contribution in [0.25, 0.3) is 0 Å². The predicted octanol–water partition coefficient (Wildman–Crippen LogP) is 0.785. The van der Waals surface area contributed by atoms with E-state index in [1.54, 1.807) is 0 Å². The lowest BCUT2D eigenvalue weighted by Gasteiger charge is -2.18. The summed E-state index contributed by atoms with van der Waals surface area (Å²) < 4.78 is 36.8. The number of carbonyl (C=O) groups excluding carboxylic acids is 2. The van der Waals surface area contributed by atoms with Gasteiger partial charge in [-0.1, -0.05) is 12.2 Å². The number of hydrogen-bond donors (Lipinski definition) is 1. The number of fused-ring (bicyclic) bond motifs is 5. The van der Waals surface area contributed by atoms with Gasteiger partial charge in [-0.15, -0.1) is 0 Å². The first-order valence-corrected chi connectivity index (χ1v) is 8.72. The van der Waals surface area contributed by atoms with Gasteiger partial charge in [-0.05, 0) is 36.5 Å². The SMILES string of the molecule is NS(=O)(=O)c1ccc(N2C(=O)[C@@H]3C4C=CC(C4)[C@@H]3C2=O)c(F)c1. The minimum absolute atomic E-state index is 0.0261. The lowest BCUT2D eigenvalue weighted by Crippen LogP contribution is -2.33. The Balaban J connectivity index is 1.75. The average molecular weight is 336 g/mol. The summed E-state index contributed by atoms with van der Waals surface area (Å²) in [5.41, 5.74) is -0.221. The molecule has 2 fully saturated rings.